The van der Waals surface area contributed by atoms with Crippen LogP contribution in [0.25, 0.3) is 0 Å². The van der Waals surface area contributed by atoms with E-state index in [-0.39, 0.29) is 10.5 Å². The standard InChI is InChI=1S/C17H18ClN3O5S/c1-2-26-14-6-8-15(9-7-14)27(24,25)19-11-16(22)20-21-17(23)12-4-3-5-13(18)10-12/h3-10,19H,2,11H2,1H3,(H,20,22)(H,21,23). The lowest BCUT2D eigenvalue weighted by Gasteiger charge is -2.10. The van der Waals surface area contributed by atoms with Gasteiger partial charge in [-0.2, -0.15) is 0 Å². The molecule has 0 aliphatic carbocycles. The summed E-state index contributed by atoms with van der Waals surface area (Å²) in [6.45, 7) is 1.73. The normalized spacial score (nSPS) is 10.9. The highest BCUT2D eigenvalue weighted by Gasteiger charge is 2.16. The summed E-state index contributed by atoms with van der Waals surface area (Å²) in [5.74, 6) is -0.780. The van der Waals surface area contributed by atoms with Crippen molar-refractivity contribution in [2.45, 2.75) is 11.8 Å². The lowest BCUT2D eigenvalue weighted by molar-refractivity contribution is -0.120. The number of nitrogens with one attached hydrogen (secondary N) is 3. The van der Waals surface area contributed by atoms with Gasteiger partial charge in [-0.3, -0.25) is 20.4 Å². The topological polar surface area (TPSA) is 114 Å². The second-order valence-electron chi connectivity index (χ2n) is 5.24. The number of hydrogen-bond donors (Lipinski definition) is 3. The summed E-state index contributed by atoms with van der Waals surface area (Å²) in [6, 6.07) is 11.9. The van der Waals surface area contributed by atoms with Gasteiger partial charge >= 0.3 is 0 Å². The van der Waals surface area contributed by atoms with Crippen molar-refractivity contribution in [2.24, 2.45) is 0 Å². The first-order chi connectivity index (χ1) is 12.8. The lowest BCUT2D eigenvalue weighted by atomic mass is 10.2. The first-order valence-corrected chi connectivity index (χ1v) is 9.75. The molecule has 0 atom stereocenters. The summed E-state index contributed by atoms with van der Waals surface area (Å²) in [5.41, 5.74) is 4.54. The van der Waals surface area contributed by atoms with Crippen LogP contribution in [0.3, 0.4) is 0 Å². The zero-order valence-electron chi connectivity index (χ0n) is 14.4. The van der Waals surface area contributed by atoms with Crippen LogP contribution in [0.2, 0.25) is 5.02 Å². The third-order valence-electron chi connectivity index (χ3n) is 3.27. The van der Waals surface area contributed by atoms with Crippen molar-refractivity contribution >= 4 is 33.4 Å². The third kappa shape index (κ3) is 6.24. The Labute approximate surface area is 161 Å². The number of benzene rings is 2. The summed E-state index contributed by atoms with van der Waals surface area (Å²) < 4.78 is 31.7. The fourth-order valence-corrected chi connectivity index (χ4v) is 3.17. The van der Waals surface area contributed by atoms with Crippen molar-refractivity contribution in [3.8, 4) is 5.75 Å². The molecule has 10 heteroatoms. The molecule has 0 saturated heterocycles. The van der Waals surface area contributed by atoms with E-state index in [0.29, 0.717) is 17.4 Å². The first-order valence-electron chi connectivity index (χ1n) is 7.89. The summed E-state index contributed by atoms with van der Waals surface area (Å²) >= 11 is 5.79. The van der Waals surface area contributed by atoms with Gasteiger partial charge in [0.2, 0.25) is 10.0 Å². The van der Waals surface area contributed by atoms with E-state index in [4.69, 9.17) is 16.3 Å². The predicted octanol–water partition coefficient (Wildman–Crippen LogP) is 1.48. The average Bonchev–Trinajstić information content (AvgIpc) is 2.65. The summed E-state index contributed by atoms with van der Waals surface area (Å²) in [5, 5.41) is 0.372. The third-order valence-corrected chi connectivity index (χ3v) is 4.92. The molecule has 0 radical (unpaired) electrons. The van der Waals surface area contributed by atoms with Gasteiger partial charge in [-0.05, 0) is 49.4 Å². The largest absolute Gasteiger partial charge is 0.494 e. The van der Waals surface area contributed by atoms with Crippen LogP contribution in [0.4, 0.5) is 0 Å². The summed E-state index contributed by atoms with van der Waals surface area (Å²) in [6.07, 6.45) is 0. The van der Waals surface area contributed by atoms with E-state index >= 15 is 0 Å². The van der Waals surface area contributed by atoms with Gasteiger partial charge in [0.15, 0.2) is 0 Å². The zero-order valence-corrected chi connectivity index (χ0v) is 15.9. The van der Waals surface area contributed by atoms with Crippen LogP contribution in [-0.4, -0.2) is 33.4 Å². The molecule has 0 aliphatic rings. The minimum Gasteiger partial charge on any atom is -0.494 e. The Morgan fingerprint density at radius 1 is 1.07 bits per heavy atom. The fourth-order valence-electron chi connectivity index (χ4n) is 2.00. The molecule has 0 unspecified atom stereocenters. The maximum Gasteiger partial charge on any atom is 0.269 e. The Morgan fingerprint density at radius 2 is 1.78 bits per heavy atom. The molecule has 0 fully saturated rings. The van der Waals surface area contributed by atoms with Gasteiger partial charge in [0.25, 0.3) is 11.8 Å². The van der Waals surface area contributed by atoms with Gasteiger partial charge in [0, 0.05) is 10.6 Å². The van der Waals surface area contributed by atoms with Crippen molar-refractivity contribution < 1.29 is 22.7 Å². The van der Waals surface area contributed by atoms with Crippen LogP contribution in [0.1, 0.15) is 17.3 Å². The molecule has 144 valence electrons. The molecular formula is C17H18ClN3O5S. The number of carbonyl (C=O) groups excluding carboxylic acids is 2. The van der Waals surface area contributed by atoms with Crippen LogP contribution in [0, 0.1) is 0 Å². The van der Waals surface area contributed by atoms with Crippen molar-refractivity contribution in [3.63, 3.8) is 0 Å². The van der Waals surface area contributed by atoms with E-state index in [0.717, 1.165) is 0 Å². The molecule has 0 bridgehead atoms. The Morgan fingerprint density at radius 3 is 2.41 bits per heavy atom. The van der Waals surface area contributed by atoms with Crippen molar-refractivity contribution in [3.05, 3.63) is 59.1 Å². The predicted molar refractivity (Wildman–Crippen MR) is 99.9 cm³/mol. The molecule has 2 rings (SSSR count). The molecule has 0 aromatic heterocycles. The van der Waals surface area contributed by atoms with Gasteiger partial charge in [-0.25, -0.2) is 13.1 Å². The number of sulfonamides is 1. The average molecular weight is 412 g/mol. The van der Waals surface area contributed by atoms with Crippen molar-refractivity contribution in [1.29, 1.82) is 0 Å². The van der Waals surface area contributed by atoms with E-state index in [9.17, 15) is 18.0 Å². The number of hydrazine groups is 1. The molecule has 0 saturated carbocycles. The molecule has 0 spiro atoms. The highest BCUT2D eigenvalue weighted by molar-refractivity contribution is 7.89. The Hall–Kier alpha value is -2.62. The molecular weight excluding hydrogens is 394 g/mol. The monoisotopic (exact) mass is 411 g/mol. The number of amides is 2. The van der Waals surface area contributed by atoms with E-state index in [1.165, 1.54) is 36.4 Å². The van der Waals surface area contributed by atoms with Crippen LogP contribution < -0.4 is 20.3 Å². The summed E-state index contributed by atoms with van der Waals surface area (Å²) in [4.78, 5) is 23.6. The fraction of sp³-hybridized carbons (Fsp3) is 0.176. The molecule has 2 aromatic rings. The molecule has 27 heavy (non-hydrogen) atoms. The molecule has 2 amide bonds. The van der Waals surface area contributed by atoms with Gasteiger partial charge in [-0.1, -0.05) is 17.7 Å². The maximum atomic E-state index is 12.2. The minimum absolute atomic E-state index is 0.0123. The number of halogens is 1. The Kier molecular flexibility index (Phi) is 7.17. The van der Waals surface area contributed by atoms with Gasteiger partial charge in [-0.15, -0.1) is 0 Å². The molecule has 8 nitrogen and oxygen atoms in total. The second-order valence-corrected chi connectivity index (χ2v) is 7.45. The van der Waals surface area contributed by atoms with E-state index < -0.39 is 28.4 Å². The van der Waals surface area contributed by atoms with Crippen LogP contribution in [-0.2, 0) is 14.8 Å². The van der Waals surface area contributed by atoms with Gasteiger partial charge in [0.05, 0.1) is 18.0 Å². The Bertz CT molecular complexity index is 916. The maximum absolute atomic E-state index is 12.2. The molecule has 3 N–H and O–H groups in total. The van der Waals surface area contributed by atoms with Crippen LogP contribution >= 0.6 is 11.6 Å². The minimum atomic E-state index is -3.88. The first kappa shape index (κ1) is 20.7. The molecule has 2 aromatic carbocycles. The van der Waals surface area contributed by atoms with Crippen LogP contribution in [0.5, 0.6) is 5.75 Å². The van der Waals surface area contributed by atoms with E-state index in [1.54, 1.807) is 12.1 Å². The highest BCUT2D eigenvalue weighted by atomic mass is 35.5. The molecule has 0 aliphatic heterocycles. The number of carbonyl (C=O) groups is 2. The van der Waals surface area contributed by atoms with Gasteiger partial charge < -0.3 is 4.74 Å². The van der Waals surface area contributed by atoms with Crippen molar-refractivity contribution in [2.75, 3.05) is 13.2 Å². The van der Waals surface area contributed by atoms with Crippen LogP contribution in [0.15, 0.2) is 53.4 Å². The SMILES string of the molecule is CCOc1ccc(S(=O)(=O)NCC(=O)NNC(=O)c2cccc(Cl)c2)cc1. The smallest absolute Gasteiger partial charge is 0.269 e. The quantitative estimate of drug-likeness (QED) is 0.597. The number of hydrogen-bond acceptors (Lipinski definition) is 5. The zero-order chi connectivity index (χ0) is 19.9. The van der Waals surface area contributed by atoms with Crippen molar-refractivity contribution in [1.82, 2.24) is 15.6 Å². The Balaban J connectivity index is 1.86. The summed E-state index contributed by atoms with van der Waals surface area (Å²) in [7, 11) is -3.88. The second kappa shape index (κ2) is 9.36. The number of rotatable bonds is 7. The molecule has 0 heterocycles. The number of ether oxygens (including phenoxy) is 1. The van der Waals surface area contributed by atoms with Gasteiger partial charge in [0.1, 0.15) is 5.75 Å². The highest BCUT2D eigenvalue weighted by Crippen LogP contribution is 2.15. The van der Waals surface area contributed by atoms with E-state index in [1.807, 2.05) is 6.92 Å². The lowest BCUT2D eigenvalue weighted by Crippen LogP contribution is -2.46. The van der Waals surface area contributed by atoms with E-state index in [2.05, 4.69) is 15.6 Å².